The van der Waals surface area contributed by atoms with E-state index in [-0.39, 0.29) is 6.42 Å². The Balaban J connectivity index is 2.68. The monoisotopic (exact) mass is 262 g/mol. The Labute approximate surface area is 88.0 Å². The third-order valence-electron chi connectivity index (χ3n) is 2.12. The highest BCUT2D eigenvalue weighted by molar-refractivity contribution is 9.10. The van der Waals surface area contributed by atoms with Crippen LogP contribution in [0.15, 0.2) is 16.6 Å². The van der Waals surface area contributed by atoms with Crippen molar-refractivity contribution in [3.8, 4) is 0 Å². The minimum atomic E-state index is -1.42. The molecule has 0 heterocycles. The molecule has 1 unspecified atom stereocenters. The molecule has 1 atom stereocenters. The Morgan fingerprint density at radius 3 is 2.85 bits per heavy atom. The number of rotatable bonds is 0. The third kappa shape index (κ3) is 1.30. The van der Waals surface area contributed by atoms with Gasteiger partial charge in [-0.2, -0.15) is 0 Å². The Kier molecular flexibility index (Phi) is 2.16. The fourth-order valence-electron chi connectivity index (χ4n) is 1.49. The number of halogens is 3. The lowest BCUT2D eigenvalue weighted by molar-refractivity contribution is 0.0899. The van der Waals surface area contributed by atoms with Gasteiger partial charge >= 0.3 is 0 Å². The van der Waals surface area contributed by atoms with Crippen LogP contribution in [0.5, 0.6) is 0 Å². The average molecular weight is 263 g/mol. The zero-order valence-electron chi connectivity index (χ0n) is 6.48. The SMILES string of the molecule is O=C1c2c(Cl)ccc(Br)c2CC1F. The van der Waals surface area contributed by atoms with Gasteiger partial charge < -0.3 is 0 Å². The molecule has 1 aliphatic carbocycles. The van der Waals surface area contributed by atoms with Crippen molar-refractivity contribution in [2.75, 3.05) is 0 Å². The molecule has 1 aromatic rings. The zero-order valence-corrected chi connectivity index (χ0v) is 8.82. The summed E-state index contributed by atoms with van der Waals surface area (Å²) in [5, 5.41) is 0.336. The topological polar surface area (TPSA) is 17.1 Å². The quantitative estimate of drug-likeness (QED) is 0.702. The molecule has 4 heteroatoms. The van der Waals surface area contributed by atoms with E-state index in [2.05, 4.69) is 15.9 Å². The maximum absolute atomic E-state index is 13.0. The number of Topliss-reactive ketones (excluding diaryl/α,β-unsaturated/α-hetero) is 1. The van der Waals surface area contributed by atoms with Crippen molar-refractivity contribution in [2.45, 2.75) is 12.6 Å². The van der Waals surface area contributed by atoms with Gasteiger partial charge in [0, 0.05) is 16.5 Å². The van der Waals surface area contributed by atoms with Crippen LogP contribution < -0.4 is 0 Å². The highest BCUT2D eigenvalue weighted by Gasteiger charge is 2.33. The van der Waals surface area contributed by atoms with Gasteiger partial charge in [0.2, 0.25) is 0 Å². The number of alkyl halides is 1. The molecule has 0 spiro atoms. The van der Waals surface area contributed by atoms with Gasteiger partial charge in [-0.05, 0) is 17.7 Å². The van der Waals surface area contributed by atoms with Crippen molar-refractivity contribution < 1.29 is 9.18 Å². The van der Waals surface area contributed by atoms with Crippen LogP contribution >= 0.6 is 27.5 Å². The summed E-state index contributed by atoms with van der Waals surface area (Å²) in [5.74, 6) is -0.499. The molecular formula is C9H5BrClFO. The van der Waals surface area contributed by atoms with Crippen molar-refractivity contribution >= 4 is 33.3 Å². The molecule has 0 amide bonds. The van der Waals surface area contributed by atoms with Crippen LogP contribution in [0.25, 0.3) is 0 Å². The summed E-state index contributed by atoms with van der Waals surface area (Å²) < 4.78 is 13.8. The first-order valence-electron chi connectivity index (χ1n) is 3.76. The van der Waals surface area contributed by atoms with Gasteiger partial charge in [-0.15, -0.1) is 0 Å². The van der Waals surface area contributed by atoms with E-state index in [4.69, 9.17) is 11.6 Å². The number of fused-ring (bicyclic) bond motifs is 1. The maximum Gasteiger partial charge on any atom is 0.199 e. The predicted octanol–water partition coefficient (Wildman–Crippen LogP) is 3.18. The second-order valence-electron chi connectivity index (χ2n) is 2.92. The molecule has 0 bridgehead atoms. The number of benzene rings is 1. The Morgan fingerprint density at radius 1 is 1.54 bits per heavy atom. The van der Waals surface area contributed by atoms with Crippen LogP contribution in [0.2, 0.25) is 5.02 Å². The standard InChI is InChI=1S/C9H5BrClFO/c10-5-1-2-6(11)8-4(5)3-7(12)9(8)13/h1-2,7H,3H2. The second-order valence-corrected chi connectivity index (χ2v) is 4.18. The summed E-state index contributed by atoms with van der Waals surface area (Å²) in [6.07, 6.45) is -1.29. The van der Waals surface area contributed by atoms with Crippen LogP contribution in [-0.2, 0) is 6.42 Å². The molecule has 0 aliphatic heterocycles. The lowest BCUT2D eigenvalue weighted by Crippen LogP contribution is -2.08. The summed E-state index contributed by atoms with van der Waals surface area (Å²) in [6.45, 7) is 0. The van der Waals surface area contributed by atoms with E-state index in [0.29, 0.717) is 16.1 Å². The molecular weight excluding hydrogens is 258 g/mol. The molecule has 1 aromatic carbocycles. The minimum absolute atomic E-state index is 0.134. The molecule has 2 rings (SSSR count). The molecule has 1 aliphatic rings. The Bertz CT molecular complexity index is 391. The van der Waals surface area contributed by atoms with Crippen LogP contribution in [0.3, 0.4) is 0 Å². The number of carbonyl (C=O) groups excluding carboxylic acids is 1. The second kappa shape index (κ2) is 3.07. The lowest BCUT2D eigenvalue weighted by Gasteiger charge is -2.01. The van der Waals surface area contributed by atoms with E-state index in [9.17, 15) is 9.18 Å². The fourth-order valence-corrected chi connectivity index (χ4v) is 2.25. The molecule has 0 radical (unpaired) electrons. The number of hydrogen-bond donors (Lipinski definition) is 0. The van der Waals surface area contributed by atoms with Gasteiger partial charge in [0.05, 0.1) is 5.02 Å². The third-order valence-corrected chi connectivity index (χ3v) is 3.18. The summed E-state index contributed by atoms with van der Waals surface area (Å²) >= 11 is 9.05. The molecule has 0 saturated heterocycles. The van der Waals surface area contributed by atoms with Gasteiger partial charge in [-0.1, -0.05) is 27.5 Å². The van der Waals surface area contributed by atoms with Crippen LogP contribution in [0, 0.1) is 0 Å². The minimum Gasteiger partial charge on any atom is -0.291 e. The maximum atomic E-state index is 13.0. The van der Waals surface area contributed by atoms with Gasteiger partial charge in [0.15, 0.2) is 12.0 Å². The van der Waals surface area contributed by atoms with E-state index in [1.54, 1.807) is 12.1 Å². The van der Waals surface area contributed by atoms with Gasteiger partial charge in [-0.25, -0.2) is 4.39 Å². The van der Waals surface area contributed by atoms with Crippen molar-refractivity contribution in [3.63, 3.8) is 0 Å². The number of ketones is 1. The van der Waals surface area contributed by atoms with Crippen molar-refractivity contribution in [2.24, 2.45) is 0 Å². The van der Waals surface area contributed by atoms with E-state index < -0.39 is 12.0 Å². The predicted molar refractivity (Wildman–Crippen MR) is 52.1 cm³/mol. The number of hydrogen-bond acceptors (Lipinski definition) is 1. The molecule has 13 heavy (non-hydrogen) atoms. The van der Waals surface area contributed by atoms with Crippen molar-refractivity contribution in [1.29, 1.82) is 0 Å². The first-order chi connectivity index (χ1) is 6.11. The first-order valence-corrected chi connectivity index (χ1v) is 4.93. The lowest BCUT2D eigenvalue weighted by atomic mass is 10.1. The summed E-state index contributed by atoms with van der Waals surface area (Å²) in [5.41, 5.74) is 1.02. The van der Waals surface area contributed by atoms with E-state index >= 15 is 0 Å². The summed E-state index contributed by atoms with van der Waals surface area (Å²) in [6, 6.07) is 3.33. The summed E-state index contributed by atoms with van der Waals surface area (Å²) in [7, 11) is 0. The highest BCUT2D eigenvalue weighted by Crippen LogP contribution is 2.35. The highest BCUT2D eigenvalue weighted by atomic mass is 79.9. The van der Waals surface area contributed by atoms with Crippen LogP contribution in [0.1, 0.15) is 15.9 Å². The van der Waals surface area contributed by atoms with Crippen LogP contribution in [-0.4, -0.2) is 12.0 Å². The number of carbonyl (C=O) groups is 1. The molecule has 0 saturated carbocycles. The van der Waals surface area contributed by atoms with Crippen molar-refractivity contribution in [3.05, 3.63) is 32.8 Å². The molecule has 0 N–H and O–H groups in total. The van der Waals surface area contributed by atoms with Gasteiger partial charge in [-0.3, -0.25) is 4.79 Å². The van der Waals surface area contributed by atoms with E-state index in [1.807, 2.05) is 0 Å². The summed E-state index contributed by atoms with van der Waals surface area (Å²) in [4.78, 5) is 11.3. The fraction of sp³-hybridized carbons (Fsp3) is 0.222. The zero-order chi connectivity index (χ0) is 9.59. The van der Waals surface area contributed by atoms with Crippen LogP contribution in [0.4, 0.5) is 4.39 Å². The molecule has 68 valence electrons. The molecule has 1 nitrogen and oxygen atoms in total. The van der Waals surface area contributed by atoms with E-state index in [1.165, 1.54) is 0 Å². The Morgan fingerprint density at radius 2 is 2.23 bits per heavy atom. The van der Waals surface area contributed by atoms with Gasteiger partial charge in [0.25, 0.3) is 0 Å². The first kappa shape index (κ1) is 9.16. The smallest absolute Gasteiger partial charge is 0.199 e. The largest absolute Gasteiger partial charge is 0.291 e. The van der Waals surface area contributed by atoms with Crippen molar-refractivity contribution in [1.82, 2.24) is 0 Å². The normalized spacial score (nSPS) is 20.5. The van der Waals surface area contributed by atoms with E-state index in [0.717, 1.165) is 4.47 Å². The average Bonchev–Trinajstić information content (AvgIpc) is 2.38. The molecule has 0 fully saturated rings. The Hall–Kier alpha value is -0.410. The van der Waals surface area contributed by atoms with Gasteiger partial charge in [0.1, 0.15) is 0 Å². The molecule has 0 aromatic heterocycles.